The minimum atomic E-state index is 0. The van der Waals surface area contributed by atoms with Crippen LogP contribution in [0.5, 0.6) is 11.5 Å². The molecule has 0 saturated carbocycles. The minimum absolute atomic E-state index is 0. The molecule has 0 spiro atoms. The van der Waals surface area contributed by atoms with E-state index in [-0.39, 0.29) is 42.1 Å². The van der Waals surface area contributed by atoms with E-state index in [0.29, 0.717) is 22.8 Å². The predicted octanol–water partition coefficient (Wildman–Crippen LogP) is 6.03. The smallest absolute Gasteiger partial charge is 0.669 e. The van der Waals surface area contributed by atoms with E-state index in [9.17, 15) is 0 Å². The molecular formula is C33H20N4OPt2+2. The van der Waals surface area contributed by atoms with Crippen LogP contribution in [0.15, 0.2) is 104 Å². The van der Waals surface area contributed by atoms with E-state index < -0.39 is 0 Å². The molecule has 0 atom stereocenters. The van der Waals surface area contributed by atoms with Gasteiger partial charge in [-0.25, -0.2) is 23.2 Å². The summed E-state index contributed by atoms with van der Waals surface area (Å²) < 4.78 is 11.3. The van der Waals surface area contributed by atoms with E-state index in [0.717, 1.165) is 16.8 Å². The summed E-state index contributed by atoms with van der Waals surface area (Å²) in [5, 5.41) is 0. The Balaban J connectivity index is 0.000000431. The summed E-state index contributed by atoms with van der Waals surface area (Å²) in [6.07, 6.45) is 15.7. The van der Waals surface area contributed by atoms with Crippen LogP contribution in [0.1, 0.15) is 0 Å². The number of hydrogen-bond donors (Lipinski definition) is 0. The van der Waals surface area contributed by atoms with Gasteiger partial charge in [0.05, 0.1) is 0 Å². The van der Waals surface area contributed by atoms with Crippen molar-refractivity contribution < 1.29 is 56.0 Å². The van der Waals surface area contributed by atoms with Crippen molar-refractivity contribution in [3.8, 4) is 39.9 Å². The van der Waals surface area contributed by atoms with Gasteiger partial charge in [-0.15, -0.1) is 12.1 Å². The standard InChI is InChI=1S/C27H16N3O.C6H4N.2Pt/c1-29-15-16-30(20-29)24-10-6-12-26(19-24)31-25-11-5-9-23(17-25)27-18-22(13-14-28-27)21-7-3-2-4-8-21;1-2-7-5-3-4-6-7;;/h2-7,10-16H,1H3;3-6H;;/q-3;-1;+2;+4. The summed E-state index contributed by atoms with van der Waals surface area (Å²) in [6, 6.07) is 44.2. The van der Waals surface area contributed by atoms with E-state index in [1.807, 2.05) is 89.3 Å². The van der Waals surface area contributed by atoms with Crippen molar-refractivity contribution in [2.24, 2.45) is 0 Å². The van der Waals surface area contributed by atoms with Crippen LogP contribution in [0.3, 0.4) is 0 Å². The third-order valence-corrected chi connectivity index (χ3v) is 5.32. The maximum atomic E-state index is 6.57. The van der Waals surface area contributed by atoms with E-state index in [4.69, 9.17) is 11.2 Å². The second-order valence-electron chi connectivity index (χ2n) is 8.03. The fraction of sp³-hybridized carbons (Fsp3) is 0.0303. The molecule has 3 heterocycles. The third kappa shape index (κ3) is 7.98. The van der Waals surface area contributed by atoms with Gasteiger partial charge in [0.15, 0.2) is 7.05 Å². The molecule has 1 aliphatic heterocycles. The van der Waals surface area contributed by atoms with Crippen LogP contribution in [-0.2, 0) is 42.1 Å². The summed E-state index contributed by atoms with van der Waals surface area (Å²) in [5.41, 5.74) is 4.03. The molecule has 2 aromatic heterocycles. The molecule has 5 aromatic rings. The molecule has 0 aliphatic carbocycles. The molecule has 0 fully saturated rings. The van der Waals surface area contributed by atoms with Gasteiger partial charge in [-0.1, -0.05) is 27.0 Å². The van der Waals surface area contributed by atoms with E-state index in [1.54, 1.807) is 35.3 Å². The minimum Gasteiger partial charge on any atom is -0.669 e. The van der Waals surface area contributed by atoms with Crippen LogP contribution in [-0.4, -0.2) is 31.8 Å². The molecule has 0 bridgehead atoms. The first kappa shape index (κ1) is 30.5. The first-order valence-corrected chi connectivity index (χ1v) is 11.7. The zero-order valence-electron chi connectivity index (χ0n) is 21.1. The Morgan fingerprint density at radius 3 is 2.40 bits per heavy atom. The number of pyridine rings is 1. The van der Waals surface area contributed by atoms with Crippen LogP contribution in [0, 0.1) is 42.8 Å². The largest absolute Gasteiger partial charge is 4.00 e. The third-order valence-electron chi connectivity index (χ3n) is 5.32. The summed E-state index contributed by atoms with van der Waals surface area (Å²) in [5.74, 6) is 1.14. The predicted molar refractivity (Wildman–Crippen MR) is 143 cm³/mol. The average Bonchev–Trinajstić information content (AvgIpc) is 3.66. The molecule has 3 aromatic carbocycles. The maximum absolute atomic E-state index is 6.57. The normalized spacial score (nSPS) is 11.0. The molecule has 0 N–H and O–H groups in total. The van der Waals surface area contributed by atoms with Gasteiger partial charge in [0.1, 0.15) is 5.69 Å². The van der Waals surface area contributed by atoms with Gasteiger partial charge in [-0.3, -0.25) is 12.1 Å². The SMILES string of the molecule is C[N+]1=C=[N+](c2[c-]c(Oc3[c-]c(-c4[c-]c(-c5[c-]cccc5)ccn4)[c-]cc3)ccc2)C=C1.[C-]#Cn1cccc1.[Pt+2].[Pt+4]. The Bertz CT molecular complexity index is 1700. The Labute approximate surface area is 263 Å². The van der Waals surface area contributed by atoms with Crippen LogP contribution in [0.4, 0.5) is 5.69 Å². The molecule has 7 heteroatoms. The van der Waals surface area contributed by atoms with E-state index in [1.165, 1.54) is 0 Å². The zero-order valence-corrected chi connectivity index (χ0v) is 25.7. The molecule has 6 rings (SSSR count). The first-order chi connectivity index (χ1) is 18.7. The average molecular weight is 879 g/mol. The first-order valence-electron chi connectivity index (χ1n) is 11.7. The number of ether oxygens (including phenoxy) is 1. The van der Waals surface area contributed by atoms with Crippen LogP contribution in [0.25, 0.3) is 22.4 Å². The van der Waals surface area contributed by atoms with Gasteiger partial charge in [-0.05, 0) is 18.3 Å². The topological polar surface area (TPSA) is 33.1 Å². The number of aromatic nitrogens is 2. The summed E-state index contributed by atoms with van der Waals surface area (Å²) in [6.45, 7) is 0. The van der Waals surface area contributed by atoms with Crippen molar-refractivity contribution in [2.75, 3.05) is 7.05 Å². The Morgan fingerprint density at radius 2 is 1.70 bits per heavy atom. The molecule has 0 unspecified atom stereocenters. The quantitative estimate of drug-likeness (QED) is 0.123. The number of benzene rings is 3. The van der Waals surface area contributed by atoms with Crippen molar-refractivity contribution in [3.63, 3.8) is 0 Å². The Kier molecular flexibility index (Phi) is 11.4. The second-order valence-corrected chi connectivity index (χ2v) is 8.03. The number of hydrogen-bond acceptors (Lipinski definition) is 2. The Hall–Kier alpha value is -4.05. The van der Waals surface area contributed by atoms with E-state index in [2.05, 4.69) is 47.4 Å². The molecule has 40 heavy (non-hydrogen) atoms. The number of nitrogens with zero attached hydrogens (tertiary/aromatic N) is 4. The van der Waals surface area contributed by atoms with Crippen molar-refractivity contribution in [1.29, 1.82) is 0 Å². The number of rotatable bonds is 5. The molecular weight excluding hydrogens is 859 g/mol. The monoisotopic (exact) mass is 878 g/mol. The fourth-order valence-electron chi connectivity index (χ4n) is 3.52. The van der Waals surface area contributed by atoms with Crippen molar-refractivity contribution in [1.82, 2.24) is 9.55 Å². The van der Waals surface area contributed by atoms with Gasteiger partial charge >= 0.3 is 48.1 Å². The maximum Gasteiger partial charge on any atom is 4.00 e. The van der Waals surface area contributed by atoms with Gasteiger partial charge in [0, 0.05) is 18.1 Å². The van der Waals surface area contributed by atoms with Gasteiger partial charge in [0.2, 0.25) is 6.20 Å². The van der Waals surface area contributed by atoms with Crippen molar-refractivity contribution >= 4 is 11.7 Å². The molecule has 0 saturated heterocycles. The fourth-order valence-corrected chi connectivity index (χ4v) is 3.52. The second kappa shape index (κ2) is 14.9. The molecule has 0 radical (unpaired) electrons. The molecule has 1 aliphatic rings. The van der Waals surface area contributed by atoms with E-state index >= 15 is 0 Å². The van der Waals surface area contributed by atoms with Gasteiger partial charge in [-0.2, -0.15) is 48.2 Å². The summed E-state index contributed by atoms with van der Waals surface area (Å²) in [7, 11) is 1.92. The zero-order chi connectivity index (χ0) is 26.2. The molecule has 196 valence electrons. The summed E-state index contributed by atoms with van der Waals surface area (Å²) in [4.78, 5) is 4.43. The van der Waals surface area contributed by atoms with Crippen molar-refractivity contribution in [3.05, 3.63) is 141 Å². The van der Waals surface area contributed by atoms with Gasteiger partial charge < -0.3 is 32.3 Å². The van der Waals surface area contributed by atoms with Crippen LogP contribution < -0.4 is 4.74 Å². The van der Waals surface area contributed by atoms with Crippen LogP contribution >= 0.6 is 0 Å². The molecule has 0 amide bonds. The molecule has 5 nitrogen and oxygen atoms in total. The van der Waals surface area contributed by atoms with Crippen molar-refractivity contribution in [2.45, 2.75) is 0 Å². The summed E-state index contributed by atoms with van der Waals surface area (Å²) >= 11 is 0. The van der Waals surface area contributed by atoms with Gasteiger partial charge in [0.25, 0.3) is 6.20 Å². The Morgan fingerprint density at radius 1 is 0.875 bits per heavy atom. The van der Waals surface area contributed by atoms with Crippen LogP contribution in [0.2, 0.25) is 0 Å².